The van der Waals surface area contributed by atoms with Crippen LogP contribution in [0.2, 0.25) is 0 Å². The molecule has 1 aromatic rings. The van der Waals surface area contributed by atoms with E-state index >= 15 is 0 Å². The summed E-state index contributed by atoms with van der Waals surface area (Å²) >= 11 is 0. The SMILES string of the molecule is C[C@H](O)O[C@@H](C)C1Cc2ccccc2C1. The van der Waals surface area contributed by atoms with Gasteiger partial charge in [-0.2, -0.15) is 0 Å². The molecule has 0 aliphatic heterocycles. The lowest BCUT2D eigenvalue weighted by Crippen LogP contribution is -2.25. The molecule has 0 saturated heterocycles. The van der Waals surface area contributed by atoms with Gasteiger partial charge in [0.1, 0.15) is 0 Å². The molecule has 0 spiro atoms. The Morgan fingerprint density at radius 3 is 2.20 bits per heavy atom. The van der Waals surface area contributed by atoms with Crippen molar-refractivity contribution in [2.45, 2.75) is 39.1 Å². The van der Waals surface area contributed by atoms with Crippen LogP contribution in [0.1, 0.15) is 25.0 Å². The van der Waals surface area contributed by atoms with Gasteiger partial charge in [0.25, 0.3) is 0 Å². The minimum Gasteiger partial charge on any atom is -0.368 e. The van der Waals surface area contributed by atoms with Gasteiger partial charge in [-0.3, -0.25) is 0 Å². The highest BCUT2D eigenvalue weighted by Gasteiger charge is 2.26. The van der Waals surface area contributed by atoms with Crippen LogP contribution in [0.25, 0.3) is 0 Å². The second-order valence-corrected chi connectivity index (χ2v) is 4.38. The van der Waals surface area contributed by atoms with Crippen LogP contribution in [0.3, 0.4) is 0 Å². The van der Waals surface area contributed by atoms with Crippen molar-refractivity contribution in [1.82, 2.24) is 0 Å². The predicted molar refractivity (Wildman–Crippen MR) is 59.6 cm³/mol. The molecule has 0 amide bonds. The molecular weight excluding hydrogens is 188 g/mol. The maximum absolute atomic E-state index is 9.18. The molecule has 2 rings (SSSR count). The van der Waals surface area contributed by atoms with Crippen LogP contribution in [-0.4, -0.2) is 17.5 Å². The Kier molecular flexibility index (Phi) is 3.08. The topological polar surface area (TPSA) is 29.5 Å². The molecule has 0 saturated carbocycles. The quantitative estimate of drug-likeness (QED) is 0.768. The maximum atomic E-state index is 9.18. The smallest absolute Gasteiger partial charge is 0.152 e. The Morgan fingerprint density at radius 1 is 1.20 bits per heavy atom. The molecule has 82 valence electrons. The zero-order valence-electron chi connectivity index (χ0n) is 9.31. The first kappa shape index (κ1) is 10.7. The van der Waals surface area contributed by atoms with E-state index in [-0.39, 0.29) is 6.10 Å². The summed E-state index contributed by atoms with van der Waals surface area (Å²) < 4.78 is 5.42. The normalized spacial score (nSPS) is 19.9. The van der Waals surface area contributed by atoms with Crippen LogP contribution >= 0.6 is 0 Å². The minimum atomic E-state index is -0.663. The first-order valence-electron chi connectivity index (χ1n) is 5.57. The Bertz CT molecular complexity index is 308. The molecule has 0 aromatic heterocycles. The van der Waals surface area contributed by atoms with E-state index < -0.39 is 6.29 Å². The molecule has 2 nitrogen and oxygen atoms in total. The summed E-state index contributed by atoms with van der Waals surface area (Å²) in [7, 11) is 0. The monoisotopic (exact) mass is 206 g/mol. The maximum Gasteiger partial charge on any atom is 0.152 e. The lowest BCUT2D eigenvalue weighted by Gasteiger charge is -2.21. The van der Waals surface area contributed by atoms with E-state index in [1.54, 1.807) is 6.92 Å². The van der Waals surface area contributed by atoms with Crippen LogP contribution in [0, 0.1) is 5.92 Å². The van der Waals surface area contributed by atoms with Gasteiger partial charge in [-0.05, 0) is 43.7 Å². The third-order valence-electron chi connectivity index (χ3n) is 3.16. The summed E-state index contributed by atoms with van der Waals surface area (Å²) in [5.41, 5.74) is 2.87. The molecule has 1 aromatic carbocycles. The zero-order chi connectivity index (χ0) is 10.8. The van der Waals surface area contributed by atoms with Crippen molar-refractivity contribution in [2.75, 3.05) is 0 Å². The molecular formula is C13H18O2. The van der Waals surface area contributed by atoms with Crippen molar-refractivity contribution >= 4 is 0 Å². The second-order valence-electron chi connectivity index (χ2n) is 4.38. The van der Waals surface area contributed by atoms with Crippen molar-refractivity contribution in [3.05, 3.63) is 35.4 Å². The third kappa shape index (κ3) is 2.39. The minimum absolute atomic E-state index is 0.123. The molecule has 2 heteroatoms. The fourth-order valence-corrected chi connectivity index (χ4v) is 2.35. The van der Waals surface area contributed by atoms with Crippen molar-refractivity contribution in [3.63, 3.8) is 0 Å². The fourth-order valence-electron chi connectivity index (χ4n) is 2.35. The highest BCUT2D eigenvalue weighted by atomic mass is 16.6. The number of hydrogen-bond acceptors (Lipinski definition) is 2. The number of ether oxygens (including phenoxy) is 1. The average Bonchev–Trinajstić information content (AvgIpc) is 2.59. The summed E-state index contributed by atoms with van der Waals surface area (Å²) in [5, 5.41) is 9.18. The first-order valence-corrected chi connectivity index (χ1v) is 5.57. The van der Waals surface area contributed by atoms with Crippen molar-refractivity contribution in [2.24, 2.45) is 5.92 Å². The van der Waals surface area contributed by atoms with Gasteiger partial charge < -0.3 is 9.84 Å². The van der Waals surface area contributed by atoms with Gasteiger partial charge in [-0.1, -0.05) is 24.3 Å². The number of fused-ring (bicyclic) bond motifs is 1. The molecule has 0 fully saturated rings. The lowest BCUT2D eigenvalue weighted by atomic mass is 10.0. The van der Waals surface area contributed by atoms with Gasteiger partial charge in [0.05, 0.1) is 6.10 Å². The van der Waals surface area contributed by atoms with E-state index in [9.17, 15) is 5.11 Å². The molecule has 1 N–H and O–H groups in total. The molecule has 0 unspecified atom stereocenters. The number of hydrogen-bond donors (Lipinski definition) is 1. The number of aliphatic hydroxyl groups excluding tert-OH is 1. The highest BCUT2D eigenvalue weighted by Crippen LogP contribution is 2.29. The Balaban J connectivity index is 2.00. The van der Waals surface area contributed by atoms with Crippen LogP contribution in [-0.2, 0) is 17.6 Å². The summed E-state index contributed by atoms with van der Waals surface area (Å²) in [6.07, 6.45) is 1.61. The van der Waals surface area contributed by atoms with Gasteiger partial charge in [-0.15, -0.1) is 0 Å². The largest absolute Gasteiger partial charge is 0.368 e. The highest BCUT2D eigenvalue weighted by molar-refractivity contribution is 5.32. The van der Waals surface area contributed by atoms with Gasteiger partial charge in [-0.25, -0.2) is 0 Å². The summed E-state index contributed by atoms with van der Waals surface area (Å²) in [5.74, 6) is 0.511. The first-order chi connectivity index (χ1) is 7.16. The summed E-state index contributed by atoms with van der Waals surface area (Å²) in [6.45, 7) is 3.71. The van der Waals surface area contributed by atoms with Crippen LogP contribution in [0.5, 0.6) is 0 Å². The van der Waals surface area contributed by atoms with Crippen LogP contribution < -0.4 is 0 Å². The molecule has 1 aliphatic carbocycles. The molecule has 2 atom stereocenters. The van der Waals surface area contributed by atoms with Crippen molar-refractivity contribution in [3.8, 4) is 0 Å². The van der Waals surface area contributed by atoms with Crippen LogP contribution in [0.4, 0.5) is 0 Å². The molecule has 0 bridgehead atoms. The van der Waals surface area contributed by atoms with E-state index in [4.69, 9.17) is 4.74 Å². The zero-order valence-corrected chi connectivity index (χ0v) is 9.31. The number of benzene rings is 1. The van der Waals surface area contributed by atoms with E-state index in [2.05, 4.69) is 24.3 Å². The Labute approximate surface area is 90.9 Å². The Hall–Kier alpha value is -0.860. The standard InChI is InChI=1S/C13H18O2/c1-9(15-10(2)14)13-7-11-5-3-4-6-12(11)8-13/h3-6,9-10,13-14H,7-8H2,1-2H3/t9-,10+/m0/s1. The molecule has 1 aliphatic rings. The van der Waals surface area contributed by atoms with E-state index in [0.29, 0.717) is 5.92 Å². The fraction of sp³-hybridized carbons (Fsp3) is 0.538. The van der Waals surface area contributed by atoms with Crippen LogP contribution in [0.15, 0.2) is 24.3 Å². The van der Waals surface area contributed by atoms with E-state index in [1.165, 1.54) is 11.1 Å². The predicted octanol–water partition coefficient (Wildman–Crippen LogP) is 2.14. The molecule has 0 heterocycles. The summed E-state index contributed by atoms with van der Waals surface area (Å²) in [6, 6.07) is 8.54. The van der Waals surface area contributed by atoms with Crippen molar-refractivity contribution in [1.29, 1.82) is 0 Å². The lowest BCUT2D eigenvalue weighted by molar-refractivity contribution is -0.132. The van der Waals surface area contributed by atoms with Gasteiger partial charge in [0.2, 0.25) is 0 Å². The van der Waals surface area contributed by atoms with Gasteiger partial charge in [0.15, 0.2) is 6.29 Å². The third-order valence-corrected chi connectivity index (χ3v) is 3.16. The molecule has 0 radical (unpaired) electrons. The number of rotatable bonds is 3. The average molecular weight is 206 g/mol. The Morgan fingerprint density at radius 2 is 1.73 bits per heavy atom. The van der Waals surface area contributed by atoms with E-state index in [0.717, 1.165) is 12.8 Å². The van der Waals surface area contributed by atoms with Gasteiger partial charge >= 0.3 is 0 Å². The molecule has 15 heavy (non-hydrogen) atoms. The van der Waals surface area contributed by atoms with Gasteiger partial charge in [0, 0.05) is 0 Å². The second kappa shape index (κ2) is 4.33. The number of aliphatic hydroxyl groups is 1. The summed E-state index contributed by atoms with van der Waals surface area (Å²) in [4.78, 5) is 0. The van der Waals surface area contributed by atoms with E-state index in [1.807, 2.05) is 6.92 Å². The van der Waals surface area contributed by atoms with Crippen molar-refractivity contribution < 1.29 is 9.84 Å².